The SMILES string of the molecule is Cc1ncsc1CNc1nnccc1C#N. The lowest BCUT2D eigenvalue weighted by molar-refractivity contribution is 0.994. The first kappa shape index (κ1) is 10.5. The van der Waals surface area contributed by atoms with E-state index >= 15 is 0 Å². The van der Waals surface area contributed by atoms with E-state index in [9.17, 15) is 0 Å². The summed E-state index contributed by atoms with van der Waals surface area (Å²) >= 11 is 1.58. The molecule has 0 bridgehead atoms. The van der Waals surface area contributed by atoms with Gasteiger partial charge in [0.05, 0.1) is 29.5 Å². The van der Waals surface area contributed by atoms with Gasteiger partial charge in [0.1, 0.15) is 6.07 Å². The highest BCUT2D eigenvalue weighted by atomic mass is 32.1. The van der Waals surface area contributed by atoms with Crippen molar-refractivity contribution in [3.05, 3.63) is 33.9 Å². The minimum Gasteiger partial charge on any atom is -0.363 e. The van der Waals surface area contributed by atoms with Crippen LogP contribution in [0.15, 0.2) is 17.8 Å². The van der Waals surface area contributed by atoms with Crippen LogP contribution < -0.4 is 5.32 Å². The Balaban J connectivity index is 2.11. The van der Waals surface area contributed by atoms with E-state index in [0.717, 1.165) is 10.6 Å². The number of nitrogens with one attached hydrogen (secondary N) is 1. The summed E-state index contributed by atoms with van der Waals surface area (Å²) in [6, 6.07) is 3.70. The number of nitrogens with zero attached hydrogens (tertiary/aromatic N) is 4. The normalized spacial score (nSPS) is 9.75. The third-order valence-corrected chi connectivity index (χ3v) is 3.04. The van der Waals surface area contributed by atoms with E-state index in [2.05, 4.69) is 26.6 Å². The first-order valence-electron chi connectivity index (χ1n) is 4.66. The second-order valence-corrected chi connectivity index (χ2v) is 4.06. The molecule has 80 valence electrons. The van der Waals surface area contributed by atoms with Crippen molar-refractivity contribution in [2.45, 2.75) is 13.5 Å². The van der Waals surface area contributed by atoms with Gasteiger partial charge in [-0.3, -0.25) is 0 Å². The van der Waals surface area contributed by atoms with Crippen LogP contribution in [-0.4, -0.2) is 15.2 Å². The number of aromatic nitrogens is 3. The maximum Gasteiger partial charge on any atom is 0.166 e. The summed E-state index contributed by atoms with van der Waals surface area (Å²) in [4.78, 5) is 5.28. The lowest BCUT2D eigenvalue weighted by Crippen LogP contribution is -2.04. The smallest absolute Gasteiger partial charge is 0.166 e. The molecule has 0 saturated heterocycles. The van der Waals surface area contributed by atoms with E-state index in [-0.39, 0.29) is 0 Å². The van der Waals surface area contributed by atoms with Crippen LogP contribution in [0.3, 0.4) is 0 Å². The standard InChI is InChI=1S/C10H9N5S/c1-7-9(16-6-13-7)5-12-10-8(4-11)2-3-14-15-10/h2-3,6H,5H2,1H3,(H,12,15). The molecule has 0 aromatic carbocycles. The van der Waals surface area contributed by atoms with Gasteiger partial charge < -0.3 is 5.32 Å². The number of hydrogen-bond acceptors (Lipinski definition) is 6. The summed E-state index contributed by atoms with van der Waals surface area (Å²) in [5, 5.41) is 19.6. The maximum atomic E-state index is 8.86. The zero-order valence-corrected chi connectivity index (χ0v) is 9.45. The highest BCUT2D eigenvalue weighted by Crippen LogP contribution is 2.15. The molecule has 0 saturated carbocycles. The molecule has 5 nitrogen and oxygen atoms in total. The van der Waals surface area contributed by atoms with Gasteiger partial charge in [-0.2, -0.15) is 10.4 Å². The first-order chi connectivity index (χ1) is 7.81. The topological polar surface area (TPSA) is 74.5 Å². The van der Waals surface area contributed by atoms with E-state index in [1.807, 2.05) is 6.92 Å². The van der Waals surface area contributed by atoms with E-state index in [4.69, 9.17) is 5.26 Å². The molecule has 2 heterocycles. The largest absolute Gasteiger partial charge is 0.363 e. The highest BCUT2D eigenvalue weighted by molar-refractivity contribution is 7.09. The van der Waals surface area contributed by atoms with Crippen molar-refractivity contribution >= 4 is 17.2 Å². The van der Waals surface area contributed by atoms with Gasteiger partial charge in [0.2, 0.25) is 0 Å². The van der Waals surface area contributed by atoms with Crippen molar-refractivity contribution in [1.82, 2.24) is 15.2 Å². The summed E-state index contributed by atoms with van der Waals surface area (Å²) in [6.45, 7) is 2.57. The van der Waals surface area contributed by atoms with Gasteiger partial charge >= 0.3 is 0 Å². The van der Waals surface area contributed by atoms with Crippen LogP contribution in [0, 0.1) is 18.3 Å². The van der Waals surface area contributed by atoms with Gasteiger partial charge in [-0.25, -0.2) is 4.98 Å². The molecular weight excluding hydrogens is 222 g/mol. The molecule has 0 atom stereocenters. The third-order valence-electron chi connectivity index (χ3n) is 2.10. The van der Waals surface area contributed by atoms with E-state index in [1.54, 1.807) is 22.9 Å². The summed E-state index contributed by atoms with van der Waals surface area (Å²) in [6.07, 6.45) is 1.50. The average Bonchev–Trinajstić information content (AvgIpc) is 2.72. The fourth-order valence-electron chi connectivity index (χ4n) is 1.21. The quantitative estimate of drug-likeness (QED) is 0.870. The highest BCUT2D eigenvalue weighted by Gasteiger charge is 2.05. The molecule has 0 aliphatic rings. The Bertz CT molecular complexity index is 528. The lowest BCUT2D eigenvalue weighted by Gasteiger charge is -2.04. The van der Waals surface area contributed by atoms with Crippen LogP contribution in [0.2, 0.25) is 0 Å². The van der Waals surface area contributed by atoms with Gasteiger partial charge in [-0.1, -0.05) is 0 Å². The monoisotopic (exact) mass is 231 g/mol. The van der Waals surface area contributed by atoms with Gasteiger partial charge in [0.25, 0.3) is 0 Å². The Hall–Kier alpha value is -2.00. The number of nitriles is 1. The van der Waals surface area contributed by atoms with Crippen molar-refractivity contribution in [3.63, 3.8) is 0 Å². The zero-order chi connectivity index (χ0) is 11.4. The van der Waals surface area contributed by atoms with Crippen LogP contribution in [-0.2, 0) is 6.54 Å². The van der Waals surface area contributed by atoms with Crippen molar-refractivity contribution in [2.75, 3.05) is 5.32 Å². The fraction of sp³-hybridized carbons (Fsp3) is 0.200. The molecule has 0 fully saturated rings. The first-order valence-corrected chi connectivity index (χ1v) is 5.54. The van der Waals surface area contributed by atoms with Crippen LogP contribution >= 0.6 is 11.3 Å². The number of rotatable bonds is 3. The van der Waals surface area contributed by atoms with Crippen molar-refractivity contribution < 1.29 is 0 Å². The minimum absolute atomic E-state index is 0.497. The molecule has 16 heavy (non-hydrogen) atoms. The van der Waals surface area contributed by atoms with Crippen LogP contribution in [0.1, 0.15) is 16.1 Å². The van der Waals surface area contributed by atoms with Crippen LogP contribution in [0.25, 0.3) is 0 Å². The van der Waals surface area contributed by atoms with Crippen LogP contribution in [0.4, 0.5) is 5.82 Å². The summed E-state index contributed by atoms with van der Waals surface area (Å²) in [7, 11) is 0. The fourth-order valence-corrected chi connectivity index (χ4v) is 1.93. The Labute approximate surface area is 96.8 Å². The van der Waals surface area contributed by atoms with E-state index < -0.39 is 0 Å². The molecule has 0 aliphatic carbocycles. The van der Waals surface area contributed by atoms with Gasteiger partial charge in [0.15, 0.2) is 5.82 Å². The molecule has 1 N–H and O–H groups in total. The average molecular weight is 231 g/mol. The van der Waals surface area contributed by atoms with Gasteiger partial charge in [-0.15, -0.1) is 16.4 Å². The van der Waals surface area contributed by atoms with Crippen molar-refractivity contribution in [2.24, 2.45) is 0 Å². The lowest BCUT2D eigenvalue weighted by atomic mass is 10.3. The Morgan fingerprint density at radius 3 is 3.12 bits per heavy atom. The molecule has 6 heteroatoms. The van der Waals surface area contributed by atoms with Crippen molar-refractivity contribution in [1.29, 1.82) is 5.26 Å². The third kappa shape index (κ3) is 2.15. The van der Waals surface area contributed by atoms with Gasteiger partial charge in [-0.05, 0) is 13.0 Å². The Kier molecular flexibility index (Phi) is 3.08. The summed E-state index contributed by atoms with van der Waals surface area (Å²) in [5.41, 5.74) is 3.30. The Morgan fingerprint density at radius 2 is 2.44 bits per heavy atom. The van der Waals surface area contributed by atoms with E-state index in [1.165, 1.54) is 6.20 Å². The molecule has 0 spiro atoms. The second-order valence-electron chi connectivity index (χ2n) is 3.12. The number of thiazole rings is 1. The molecule has 0 amide bonds. The molecule has 2 rings (SSSR count). The maximum absolute atomic E-state index is 8.86. The van der Waals surface area contributed by atoms with E-state index in [0.29, 0.717) is 17.9 Å². The molecule has 0 aliphatic heterocycles. The Morgan fingerprint density at radius 1 is 1.56 bits per heavy atom. The summed E-state index contributed by atoms with van der Waals surface area (Å²) < 4.78 is 0. The number of aryl methyl sites for hydroxylation is 1. The predicted molar refractivity (Wildman–Crippen MR) is 60.9 cm³/mol. The predicted octanol–water partition coefficient (Wildman–Crippen LogP) is 1.73. The molecular formula is C10H9N5S. The molecule has 2 aromatic heterocycles. The number of anilines is 1. The molecule has 0 unspecified atom stereocenters. The second kappa shape index (κ2) is 4.68. The minimum atomic E-state index is 0.497. The van der Waals surface area contributed by atoms with Gasteiger partial charge in [0, 0.05) is 4.88 Å². The molecule has 2 aromatic rings. The summed E-state index contributed by atoms with van der Waals surface area (Å²) in [5.74, 6) is 0.512. The van der Waals surface area contributed by atoms with Crippen LogP contribution in [0.5, 0.6) is 0 Å². The number of hydrogen-bond donors (Lipinski definition) is 1. The molecule has 0 radical (unpaired) electrons. The zero-order valence-electron chi connectivity index (χ0n) is 8.64. The van der Waals surface area contributed by atoms with Crippen molar-refractivity contribution in [3.8, 4) is 6.07 Å².